The molecule has 2 rings (SSSR count). The van der Waals surface area contributed by atoms with Crippen molar-refractivity contribution in [3.63, 3.8) is 0 Å². The first-order valence-electron chi connectivity index (χ1n) is 4.35. The highest BCUT2D eigenvalue weighted by atomic mass is 19.1. The van der Waals surface area contributed by atoms with Gasteiger partial charge in [-0.05, 0) is 24.3 Å². The number of anilines is 1. The molecule has 1 aromatic carbocycles. The Morgan fingerprint density at radius 3 is 2.62 bits per heavy atom. The number of halogens is 1. The summed E-state index contributed by atoms with van der Waals surface area (Å²) in [4.78, 5) is 11.4. The lowest BCUT2D eigenvalue weighted by molar-refractivity contribution is 0.0691. The quantitative estimate of drug-likeness (QED) is 0.617. The predicted octanol–water partition coefficient (Wildman–Crippen LogP) is 1.62. The number of aromatic nitrogens is 1. The third kappa shape index (κ3) is 2.17. The summed E-state index contributed by atoms with van der Waals surface area (Å²) in [5.74, 6) is -0.964. The number of carbonyl (C=O) groups is 1. The number of carbonyl (C=O) groups excluding carboxylic acids is 1. The maximum Gasteiger partial charge on any atom is 0.382 e. The van der Waals surface area contributed by atoms with E-state index in [1.54, 1.807) is 0 Å². The van der Waals surface area contributed by atoms with Gasteiger partial charge in [-0.2, -0.15) is 0 Å². The van der Waals surface area contributed by atoms with Crippen molar-refractivity contribution in [2.45, 2.75) is 0 Å². The van der Waals surface area contributed by atoms with Gasteiger partial charge in [-0.3, -0.25) is 0 Å². The van der Waals surface area contributed by atoms with Gasteiger partial charge in [-0.1, -0.05) is 5.16 Å². The molecule has 0 fully saturated rings. The Kier molecular flexibility index (Phi) is 2.55. The number of nitrogens with zero attached hydrogens (tertiary/aromatic N) is 1. The topological polar surface area (TPSA) is 78.4 Å². The van der Waals surface area contributed by atoms with Crippen LogP contribution in [0.25, 0.3) is 0 Å². The summed E-state index contributed by atoms with van der Waals surface area (Å²) < 4.78 is 22.0. The minimum atomic E-state index is -0.740. The second kappa shape index (κ2) is 4.01. The monoisotopic (exact) mass is 222 g/mol. The summed E-state index contributed by atoms with van der Waals surface area (Å²) in [5, 5.41) is 3.34. The zero-order valence-corrected chi connectivity index (χ0v) is 8.01. The molecule has 5 nitrogen and oxygen atoms in total. The Morgan fingerprint density at radius 1 is 1.38 bits per heavy atom. The number of nitrogen functional groups attached to an aromatic ring is 1. The van der Waals surface area contributed by atoms with E-state index in [4.69, 9.17) is 10.5 Å². The lowest BCUT2D eigenvalue weighted by Crippen LogP contribution is -2.07. The highest BCUT2D eigenvalue weighted by Crippen LogP contribution is 2.14. The van der Waals surface area contributed by atoms with Crippen molar-refractivity contribution in [1.29, 1.82) is 0 Å². The molecular weight excluding hydrogens is 215 g/mol. The van der Waals surface area contributed by atoms with Gasteiger partial charge >= 0.3 is 5.97 Å². The average molecular weight is 222 g/mol. The van der Waals surface area contributed by atoms with Crippen LogP contribution in [0.3, 0.4) is 0 Å². The van der Waals surface area contributed by atoms with Crippen LogP contribution in [0, 0.1) is 5.82 Å². The fourth-order valence-electron chi connectivity index (χ4n) is 1.05. The number of esters is 1. The van der Waals surface area contributed by atoms with Crippen LogP contribution in [0.15, 0.2) is 34.9 Å². The van der Waals surface area contributed by atoms with Gasteiger partial charge in [-0.25, -0.2) is 9.18 Å². The number of hydrogen-bond acceptors (Lipinski definition) is 5. The highest BCUT2D eigenvalue weighted by Gasteiger charge is 2.14. The predicted molar refractivity (Wildman–Crippen MR) is 52.3 cm³/mol. The fourth-order valence-corrected chi connectivity index (χ4v) is 1.05. The summed E-state index contributed by atoms with van der Waals surface area (Å²) in [6, 6.07) is 6.25. The Bertz CT molecular complexity index is 507. The first-order valence-corrected chi connectivity index (χ1v) is 4.35. The van der Waals surface area contributed by atoms with E-state index in [9.17, 15) is 9.18 Å². The average Bonchev–Trinajstić information content (AvgIpc) is 2.68. The molecule has 0 unspecified atom stereocenters. The van der Waals surface area contributed by atoms with E-state index in [-0.39, 0.29) is 17.3 Å². The summed E-state index contributed by atoms with van der Waals surface area (Å²) in [6.07, 6.45) is 0. The van der Waals surface area contributed by atoms with Gasteiger partial charge in [0.2, 0.25) is 5.76 Å². The highest BCUT2D eigenvalue weighted by molar-refractivity contribution is 5.88. The van der Waals surface area contributed by atoms with E-state index in [1.165, 1.54) is 30.3 Å². The van der Waals surface area contributed by atoms with Crippen molar-refractivity contribution < 1.29 is 18.4 Å². The third-order valence-electron chi connectivity index (χ3n) is 1.75. The maximum atomic E-state index is 12.6. The van der Waals surface area contributed by atoms with Crippen LogP contribution < -0.4 is 10.5 Å². The van der Waals surface area contributed by atoms with Gasteiger partial charge in [0.15, 0.2) is 5.82 Å². The van der Waals surface area contributed by atoms with Crippen LogP contribution in [0.4, 0.5) is 10.2 Å². The molecule has 16 heavy (non-hydrogen) atoms. The molecule has 0 saturated heterocycles. The number of nitrogens with two attached hydrogens (primary N) is 1. The molecule has 1 aromatic heterocycles. The molecule has 0 atom stereocenters. The van der Waals surface area contributed by atoms with Crippen molar-refractivity contribution in [3.8, 4) is 5.75 Å². The first kappa shape index (κ1) is 10.2. The second-order valence-corrected chi connectivity index (χ2v) is 2.96. The van der Waals surface area contributed by atoms with Gasteiger partial charge in [0.1, 0.15) is 11.6 Å². The van der Waals surface area contributed by atoms with Crippen molar-refractivity contribution >= 4 is 11.8 Å². The molecule has 0 amide bonds. The molecule has 0 spiro atoms. The Labute approximate surface area is 89.6 Å². The molecule has 2 N–H and O–H groups in total. The maximum absolute atomic E-state index is 12.6. The molecule has 2 aromatic rings. The molecule has 6 heteroatoms. The second-order valence-electron chi connectivity index (χ2n) is 2.96. The van der Waals surface area contributed by atoms with Crippen molar-refractivity contribution in [2.24, 2.45) is 0 Å². The lowest BCUT2D eigenvalue weighted by atomic mass is 10.3. The van der Waals surface area contributed by atoms with Gasteiger partial charge in [-0.15, -0.1) is 0 Å². The first-order chi connectivity index (χ1) is 7.65. The molecule has 0 radical (unpaired) electrons. The lowest BCUT2D eigenvalue weighted by Gasteiger charge is -2.00. The zero-order valence-electron chi connectivity index (χ0n) is 8.01. The summed E-state index contributed by atoms with van der Waals surface area (Å²) in [7, 11) is 0. The molecule has 0 bridgehead atoms. The minimum Gasteiger partial charge on any atom is -0.421 e. The normalized spacial score (nSPS) is 10.1. The summed E-state index contributed by atoms with van der Waals surface area (Å²) >= 11 is 0. The van der Waals surface area contributed by atoms with Crippen LogP contribution in [-0.2, 0) is 0 Å². The van der Waals surface area contributed by atoms with Crippen molar-refractivity contribution in [2.75, 3.05) is 5.73 Å². The minimum absolute atomic E-state index is 0.0889. The number of benzene rings is 1. The van der Waals surface area contributed by atoms with E-state index < -0.39 is 11.8 Å². The number of rotatable bonds is 2. The Hall–Kier alpha value is -2.37. The van der Waals surface area contributed by atoms with Gasteiger partial charge in [0.05, 0.1) is 0 Å². The summed E-state index contributed by atoms with van der Waals surface area (Å²) in [6.45, 7) is 0. The van der Waals surface area contributed by atoms with Crippen molar-refractivity contribution in [3.05, 3.63) is 41.9 Å². The SMILES string of the molecule is Nc1cc(C(=O)Oc2ccc(F)cc2)on1. The molecule has 1 heterocycles. The van der Waals surface area contributed by atoms with Crippen LogP contribution in [0.2, 0.25) is 0 Å². The van der Waals surface area contributed by atoms with Crippen LogP contribution in [0.1, 0.15) is 10.6 Å². The van der Waals surface area contributed by atoms with Crippen molar-refractivity contribution in [1.82, 2.24) is 5.16 Å². The Morgan fingerprint density at radius 2 is 2.06 bits per heavy atom. The van der Waals surface area contributed by atoms with Gasteiger partial charge in [0.25, 0.3) is 0 Å². The fraction of sp³-hybridized carbons (Fsp3) is 0. The van der Waals surface area contributed by atoms with E-state index in [2.05, 4.69) is 9.68 Å². The van der Waals surface area contributed by atoms with E-state index in [0.29, 0.717) is 0 Å². The molecule has 0 aliphatic rings. The smallest absolute Gasteiger partial charge is 0.382 e. The number of ether oxygens (including phenoxy) is 1. The molecular formula is C10H7FN2O3. The van der Waals surface area contributed by atoms with Gasteiger partial charge < -0.3 is 15.0 Å². The largest absolute Gasteiger partial charge is 0.421 e. The van der Waals surface area contributed by atoms with Crippen LogP contribution >= 0.6 is 0 Å². The van der Waals surface area contributed by atoms with E-state index in [1.807, 2.05) is 0 Å². The molecule has 0 aliphatic heterocycles. The Balaban J connectivity index is 2.10. The third-order valence-corrected chi connectivity index (χ3v) is 1.75. The van der Waals surface area contributed by atoms with E-state index >= 15 is 0 Å². The zero-order chi connectivity index (χ0) is 11.5. The molecule has 0 saturated carbocycles. The summed E-state index contributed by atoms with van der Waals surface area (Å²) in [5.41, 5.74) is 5.27. The standard InChI is InChI=1S/C10H7FN2O3/c11-6-1-3-7(4-2-6)15-10(14)8-5-9(12)13-16-8/h1-5H,(H2,12,13). The van der Waals surface area contributed by atoms with Gasteiger partial charge in [0, 0.05) is 6.07 Å². The molecule has 0 aliphatic carbocycles. The van der Waals surface area contributed by atoms with Crippen LogP contribution in [0.5, 0.6) is 5.75 Å². The molecule has 82 valence electrons. The number of hydrogen-bond donors (Lipinski definition) is 1. The van der Waals surface area contributed by atoms with E-state index in [0.717, 1.165) is 0 Å². The van der Waals surface area contributed by atoms with Crippen LogP contribution in [-0.4, -0.2) is 11.1 Å².